The van der Waals surface area contributed by atoms with Crippen molar-refractivity contribution in [3.63, 3.8) is 0 Å². The summed E-state index contributed by atoms with van der Waals surface area (Å²) in [5.41, 5.74) is 10.6. The molecular weight excluding hydrogens is 286 g/mol. The summed E-state index contributed by atoms with van der Waals surface area (Å²) in [7, 11) is 3.18. The molecule has 112 valence electrons. The lowest BCUT2D eigenvalue weighted by Crippen LogP contribution is -2.14. The molecule has 0 aliphatic carbocycles. The van der Waals surface area contributed by atoms with Gasteiger partial charge in [-0.05, 0) is 36.6 Å². The average molecular weight is 306 g/mol. The van der Waals surface area contributed by atoms with Gasteiger partial charge in [0, 0.05) is 11.1 Å². The van der Waals surface area contributed by atoms with E-state index in [0.717, 1.165) is 16.7 Å². The van der Waals surface area contributed by atoms with Crippen molar-refractivity contribution in [2.45, 2.75) is 19.9 Å². The predicted molar refractivity (Wildman–Crippen MR) is 86.5 cm³/mol. The first-order valence-corrected chi connectivity index (χ1v) is 7.10. The van der Waals surface area contributed by atoms with Crippen molar-refractivity contribution in [1.82, 2.24) is 0 Å². The van der Waals surface area contributed by atoms with Gasteiger partial charge in [-0.25, -0.2) is 0 Å². The molecule has 0 aliphatic rings. The highest BCUT2D eigenvalue weighted by Crippen LogP contribution is 2.37. The number of hydrogen-bond acceptors (Lipinski definition) is 3. The highest BCUT2D eigenvalue weighted by Gasteiger charge is 2.18. The van der Waals surface area contributed by atoms with Crippen molar-refractivity contribution >= 4 is 11.6 Å². The Labute approximate surface area is 130 Å². The van der Waals surface area contributed by atoms with Gasteiger partial charge in [-0.2, -0.15) is 0 Å². The molecule has 0 heterocycles. The van der Waals surface area contributed by atoms with Gasteiger partial charge in [-0.15, -0.1) is 0 Å². The Bertz CT molecular complexity index is 655. The Hall–Kier alpha value is -1.71. The van der Waals surface area contributed by atoms with Crippen molar-refractivity contribution in [2.24, 2.45) is 5.73 Å². The number of ether oxygens (including phenoxy) is 2. The van der Waals surface area contributed by atoms with Crippen molar-refractivity contribution < 1.29 is 9.47 Å². The van der Waals surface area contributed by atoms with Crippen LogP contribution in [0.25, 0.3) is 0 Å². The first-order valence-electron chi connectivity index (χ1n) is 6.72. The lowest BCUT2D eigenvalue weighted by atomic mass is 9.94. The maximum absolute atomic E-state index is 6.40. The second-order valence-corrected chi connectivity index (χ2v) is 5.47. The van der Waals surface area contributed by atoms with E-state index in [4.69, 9.17) is 26.8 Å². The molecular formula is C17H20ClNO2. The van der Waals surface area contributed by atoms with Gasteiger partial charge < -0.3 is 15.2 Å². The fraction of sp³-hybridized carbons (Fsp3) is 0.294. The van der Waals surface area contributed by atoms with Gasteiger partial charge in [-0.3, -0.25) is 0 Å². The molecule has 0 amide bonds. The maximum atomic E-state index is 6.40. The van der Waals surface area contributed by atoms with Crippen LogP contribution in [0, 0.1) is 13.8 Å². The number of hydrogen-bond donors (Lipinski definition) is 1. The first-order chi connectivity index (χ1) is 9.97. The lowest BCUT2D eigenvalue weighted by molar-refractivity contribution is 0.354. The molecule has 21 heavy (non-hydrogen) atoms. The van der Waals surface area contributed by atoms with Gasteiger partial charge in [0.2, 0.25) is 0 Å². The van der Waals surface area contributed by atoms with Gasteiger partial charge in [0.1, 0.15) is 0 Å². The molecule has 4 heteroatoms. The molecule has 0 bridgehead atoms. The van der Waals surface area contributed by atoms with Crippen LogP contribution in [-0.4, -0.2) is 14.2 Å². The van der Waals surface area contributed by atoms with E-state index in [0.29, 0.717) is 16.5 Å². The Morgan fingerprint density at radius 1 is 0.952 bits per heavy atom. The lowest BCUT2D eigenvalue weighted by Gasteiger charge is -2.19. The minimum atomic E-state index is -0.307. The number of aryl methyl sites for hydroxylation is 2. The quantitative estimate of drug-likeness (QED) is 0.928. The van der Waals surface area contributed by atoms with Crippen LogP contribution < -0.4 is 15.2 Å². The number of rotatable bonds is 4. The van der Waals surface area contributed by atoms with E-state index in [1.165, 1.54) is 5.56 Å². The Morgan fingerprint density at radius 2 is 1.57 bits per heavy atom. The summed E-state index contributed by atoms with van der Waals surface area (Å²) in [5.74, 6) is 1.22. The van der Waals surface area contributed by atoms with Crippen LogP contribution in [0.4, 0.5) is 0 Å². The molecule has 3 nitrogen and oxygen atoms in total. The second-order valence-electron chi connectivity index (χ2n) is 5.07. The monoisotopic (exact) mass is 305 g/mol. The van der Waals surface area contributed by atoms with E-state index in [-0.39, 0.29) is 6.04 Å². The van der Waals surface area contributed by atoms with E-state index in [1.807, 2.05) is 12.1 Å². The molecule has 0 aromatic heterocycles. The standard InChI is InChI=1S/C17H20ClNO2/c1-10-5-6-12(11(2)7-10)17(19)13-8-15(20-3)16(21-4)9-14(13)18/h5-9,17H,19H2,1-4H3. The van der Waals surface area contributed by atoms with Gasteiger partial charge >= 0.3 is 0 Å². The van der Waals surface area contributed by atoms with Crippen LogP contribution in [0.1, 0.15) is 28.3 Å². The largest absolute Gasteiger partial charge is 0.493 e. The summed E-state index contributed by atoms with van der Waals surface area (Å²) >= 11 is 6.35. The Balaban J connectivity index is 2.50. The molecule has 0 aliphatic heterocycles. The topological polar surface area (TPSA) is 44.5 Å². The zero-order valence-corrected chi connectivity index (χ0v) is 13.5. The van der Waals surface area contributed by atoms with E-state index in [1.54, 1.807) is 20.3 Å². The number of methoxy groups -OCH3 is 2. The maximum Gasteiger partial charge on any atom is 0.162 e. The van der Waals surface area contributed by atoms with Crippen molar-refractivity contribution in [3.05, 3.63) is 57.6 Å². The molecule has 0 spiro atoms. The van der Waals surface area contributed by atoms with E-state index >= 15 is 0 Å². The number of benzene rings is 2. The first kappa shape index (κ1) is 15.7. The third-order valence-electron chi connectivity index (χ3n) is 3.60. The van der Waals surface area contributed by atoms with E-state index < -0.39 is 0 Å². The summed E-state index contributed by atoms with van der Waals surface area (Å²) < 4.78 is 10.6. The van der Waals surface area contributed by atoms with Crippen molar-refractivity contribution in [3.8, 4) is 11.5 Å². The molecule has 0 saturated heterocycles. The Kier molecular flexibility index (Phi) is 4.76. The van der Waals surface area contributed by atoms with Crippen LogP contribution in [0.2, 0.25) is 5.02 Å². The van der Waals surface area contributed by atoms with Gasteiger partial charge in [-0.1, -0.05) is 35.4 Å². The molecule has 2 N–H and O–H groups in total. The molecule has 2 rings (SSSR count). The number of halogens is 1. The van der Waals surface area contributed by atoms with Crippen LogP contribution >= 0.6 is 11.6 Å². The van der Waals surface area contributed by atoms with Crippen molar-refractivity contribution in [1.29, 1.82) is 0 Å². The molecule has 1 atom stereocenters. The average Bonchev–Trinajstić information content (AvgIpc) is 2.46. The minimum Gasteiger partial charge on any atom is -0.493 e. The molecule has 1 unspecified atom stereocenters. The van der Waals surface area contributed by atoms with Crippen LogP contribution in [0.15, 0.2) is 30.3 Å². The molecule has 0 fully saturated rings. The molecule has 2 aromatic carbocycles. The van der Waals surface area contributed by atoms with E-state index in [9.17, 15) is 0 Å². The smallest absolute Gasteiger partial charge is 0.162 e. The third-order valence-corrected chi connectivity index (χ3v) is 3.93. The third kappa shape index (κ3) is 3.14. The fourth-order valence-electron chi connectivity index (χ4n) is 2.45. The van der Waals surface area contributed by atoms with Gasteiger partial charge in [0.15, 0.2) is 11.5 Å². The SMILES string of the molecule is COc1cc(Cl)c(C(N)c2ccc(C)cc2C)cc1OC. The molecule has 0 saturated carbocycles. The summed E-state index contributed by atoms with van der Waals surface area (Å²) in [6, 6.07) is 9.48. The summed E-state index contributed by atoms with van der Waals surface area (Å²) in [6.45, 7) is 4.11. The summed E-state index contributed by atoms with van der Waals surface area (Å²) in [4.78, 5) is 0. The predicted octanol–water partition coefficient (Wildman–Crippen LogP) is 4.02. The van der Waals surface area contributed by atoms with Crippen LogP contribution in [0.3, 0.4) is 0 Å². The zero-order valence-electron chi connectivity index (χ0n) is 12.7. The highest BCUT2D eigenvalue weighted by molar-refractivity contribution is 6.31. The molecule has 2 aromatic rings. The second kappa shape index (κ2) is 6.37. The molecule has 0 radical (unpaired) electrons. The van der Waals surface area contributed by atoms with Crippen LogP contribution in [-0.2, 0) is 0 Å². The highest BCUT2D eigenvalue weighted by atomic mass is 35.5. The van der Waals surface area contributed by atoms with E-state index in [2.05, 4.69) is 26.0 Å². The van der Waals surface area contributed by atoms with Crippen LogP contribution in [0.5, 0.6) is 11.5 Å². The Morgan fingerprint density at radius 3 is 2.14 bits per heavy atom. The summed E-state index contributed by atoms with van der Waals surface area (Å²) in [5, 5.41) is 0.570. The fourth-order valence-corrected chi connectivity index (χ4v) is 2.72. The minimum absolute atomic E-state index is 0.307. The van der Waals surface area contributed by atoms with Crippen molar-refractivity contribution in [2.75, 3.05) is 14.2 Å². The number of nitrogens with two attached hydrogens (primary N) is 1. The summed E-state index contributed by atoms with van der Waals surface area (Å²) in [6.07, 6.45) is 0. The van der Waals surface area contributed by atoms with Gasteiger partial charge in [0.05, 0.1) is 20.3 Å². The zero-order chi connectivity index (χ0) is 15.6. The van der Waals surface area contributed by atoms with Gasteiger partial charge in [0.25, 0.3) is 0 Å². The normalized spacial score (nSPS) is 12.1.